The Kier molecular flexibility index (Phi) is 8.52. The topological polar surface area (TPSA) is 92.5 Å². The van der Waals surface area contributed by atoms with E-state index in [-0.39, 0.29) is 17.7 Å². The summed E-state index contributed by atoms with van der Waals surface area (Å²) in [6, 6.07) is -0.498. The molecule has 6 nitrogen and oxygen atoms in total. The molecule has 0 bridgehead atoms. The van der Waals surface area contributed by atoms with Crippen molar-refractivity contribution in [2.75, 3.05) is 13.1 Å². The summed E-state index contributed by atoms with van der Waals surface area (Å²) in [6.07, 6.45) is 8.74. The van der Waals surface area contributed by atoms with Crippen molar-refractivity contribution < 1.29 is 14.4 Å². The van der Waals surface area contributed by atoms with Crippen LogP contribution in [0.2, 0.25) is 0 Å². The highest BCUT2D eigenvalue weighted by Gasteiger charge is 2.36. The third-order valence-electron chi connectivity index (χ3n) is 6.13. The summed E-state index contributed by atoms with van der Waals surface area (Å²) in [5.74, 6) is -0.970. The third-order valence-corrected chi connectivity index (χ3v) is 6.13. The highest BCUT2D eigenvalue weighted by atomic mass is 16.2. The maximum atomic E-state index is 13.1. The number of nitrogens with two attached hydrogens (primary N) is 1. The van der Waals surface area contributed by atoms with Gasteiger partial charge in [-0.15, -0.1) is 6.58 Å². The second kappa shape index (κ2) is 10.6. The molecule has 0 aromatic carbocycles. The molecular formula is C22H37N3O3. The van der Waals surface area contributed by atoms with Crippen LogP contribution in [0.3, 0.4) is 0 Å². The number of primary amides is 1. The number of likely N-dealkylation sites (tertiary alicyclic amines) is 1. The van der Waals surface area contributed by atoms with Crippen LogP contribution in [-0.4, -0.2) is 41.8 Å². The Hall–Kier alpha value is -1.85. The molecule has 158 valence electrons. The number of hydrogen-bond donors (Lipinski definition) is 2. The number of carbonyl (C=O) groups excluding carboxylic acids is 3. The van der Waals surface area contributed by atoms with E-state index in [0.717, 1.165) is 25.9 Å². The smallest absolute Gasteiger partial charge is 0.245 e. The number of allylic oxidation sites excluding steroid dienone is 1. The van der Waals surface area contributed by atoms with Gasteiger partial charge >= 0.3 is 0 Å². The molecule has 1 saturated carbocycles. The molecule has 0 aromatic rings. The lowest BCUT2D eigenvalue weighted by molar-refractivity contribution is -0.139. The van der Waals surface area contributed by atoms with E-state index in [4.69, 9.17) is 5.73 Å². The lowest BCUT2D eigenvalue weighted by atomic mass is 9.82. The van der Waals surface area contributed by atoms with Crippen molar-refractivity contribution in [2.24, 2.45) is 29.4 Å². The van der Waals surface area contributed by atoms with Crippen molar-refractivity contribution in [3.05, 3.63) is 12.7 Å². The van der Waals surface area contributed by atoms with Gasteiger partial charge in [-0.05, 0) is 56.8 Å². The van der Waals surface area contributed by atoms with Gasteiger partial charge in [0.25, 0.3) is 0 Å². The zero-order valence-electron chi connectivity index (χ0n) is 17.5. The summed E-state index contributed by atoms with van der Waals surface area (Å²) < 4.78 is 0. The lowest BCUT2D eigenvalue weighted by Gasteiger charge is -2.33. The van der Waals surface area contributed by atoms with E-state index in [0.29, 0.717) is 25.2 Å². The molecule has 6 heteroatoms. The summed E-state index contributed by atoms with van der Waals surface area (Å²) in [7, 11) is 0. The standard InChI is InChI=1S/C22H37N3O3/c1-4-8-17(20(23)26)18(13-15(2)3)21(27)24-19-11-5-6-12-25(22(19)28)14-16-9-7-10-16/h4,15-19H,1,5-14H2,2-3H3,(H2,23,26)(H,24,27)/t17-,18+,19-/m0/s1. The van der Waals surface area contributed by atoms with Crippen LogP contribution in [0.25, 0.3) is 0 Å². The molecule has 0 radical (unpaired) electrons. The van der Waals surface area contributed by atoms with E-state index in [1.165, 1.54) is 19.3 Å². The Morgan fingerprint density at radius 1 is 1.21 bits per heavy atom. The summed E-state index contributed by atoms with van der Waals surface area (Å²) >= 11 is 0. The maximum absolute atomic E-state index is 13.1. The molecule has 2 aliphatic rings. The van der Waals surface area contributed by atoms with Gasteiger partial charge in [-0.25, -0.2) is 0 Å². The molecule has 0 aromatic heterocycles. The normalized spacial score (nSPS) is 22.9. The number of rotatable bonds is 10. The van der Waals surface area contributed by atoms with Crippen LogP contribution >= 0.6 is 0 Å². The summed E-state index contributed by atoms with van der Waals surface area (Å²) in [4.78, 5) is 40.0. The van der Waals surface area contributed by atoms with Crippen LogP contribution in [0, 0.1) is 23.7 Å². The minimum absolute atomic E-state index is 0.0281. The van der Waals surface area contributed by atoms with Crippen molar-refractivity contribution in [3.63, 3.8) is 0 Å². The van der Waals surface area contributed by atoms with Crippen LogP contribution in [0.15, 0.2) is 12.7 Å². The Balaban J connectivity index is 2.09. The predicted octanol–water partition coefficient (Wildman–Crippen LogP) is 2.62. The maximum Gasteiger partial charge on any atom is 0.245 e. The van der Waals surface area contributed by atoms with Crippen LogP contribution in [0.1, 0.15) is 65.2 Å². The number of nitrogens with one attached hydrogen (secondary N) is 1. The number of amides is 3. The molecule has 3 amide bonds. The molecule has 1 heterocycles. The zero-order chi connectivity index (χ0) is 20.7. The van der Waals surface area contributed by atoms with Crippen LogP contribution in [-0.2, 0) is 14.4 Å². The van der Waals surface area contributed by atoms with Crippen molar-refractivity contribution in [1.82, 2.24) is 10.2 Å². The molecule has 1 aliphatic heterocycles. The van der Waals surface area contributed by atoms with Gasteiger partial charge in [0.2, 0.25) is 17.7 Å². The van der Waals surface area contributed by atoms with Gasteiger partial charge in [0.05, 0.1) is 11.8 Å². The largest absolute Gasteiger partial charge is 0.369 e. The molecule has 0 unspecified atom stereocenters. The Bertz CT molecular complexity index is 571. The van der Waals surface area contributed by atoms with E-state index in [9.17, 15) is 14.4 Å². The van der Waals surface area contributed by atoms with Crippen molar-refractivity contribution >= 4 is 17.7 Å². The quantitative estimate of drug-likeness (QED) is 0.561. The number of nitrogens with zero attached hydrogens (tertiary/aromatic N) is 1. The van der Waals surface area contributed by atoms with Gasteiger partial charge in [-0.1, -0.05) is 26.3 Å². The molecule has 3 atom stereocenters. The van der Waals surface area contributed by atoms with Gasteiger partial charge in [-0.3, -0.25) is 14.4 Å². The Morgan fingerprint density at radius 2 is 1.93 bits per heavy atom. The fourth-order valence-electron chi connectivity index (χ4n) is 4.31. The highest BCUT2D eigenvalue weighted by molar-refractivity contribution is 5.91. The van der Waals surface area contributed by atoms with Crippen molar-refractivity contribution in [2.45, 2.75) is 71.3 Å². The fraction of sp³-hybridized carbons (Fsp3) is 0.773. The average Bonchev–Trinajstić information content (AvgIpc) is 2.76. The fourth-order valence-corrected chi connectivity index (χ4v) is 4.31. The van der Waals surface area contributed by atoms with Gasteiger partial charge in [0.1, 0.15) is 6.04 Å². The first-order valence-corrected chi connectivity index (χ1v) is 10.8. The molecule has 2 rings (SSSR count). The van der Waals surface area contributed by atoms with Gasteiger partial charge in [-0.2, -0.15) is 0 Å². The first-order valence-electron chi connectivity index (χ1n) is 10.8. The van der Waals surface area contributed by atoms with Gasteiger partial charge in [0, 0.05) is 13.1 Å². The highest BCUT2D eigenvalue weighted by Crippen LogP contribution is 2.29. The number of carbonyl (C=O) groups is 3. The van der Waals surface area contributed by atoms with E-state index in [1.807, 2.05) is 18.7 Å². The zero-order valence-corrected chi connectivity index (χ0v) is 17.5. The second-order valence-corrected chi connectivity index (χ2v) is 8.91. The van der Waals surface area contributed by atoms with E-state index < -0.39 is 23.8 Å². The monoisotopic (exact) mass is 391 g/mol. The van der Waals surface area contributed by atoms with Crippen LogP contribution in [0.4, 0.5) is 0 Å². The molecule has 1 aliphatic carbocycles. The van der Waals surface area contributed by atoms with Gasteiger partial charge < -0.3 is 16.0 Å². The Morgan fingerprint density at radius 3 is 2.46 bits per heavy atom. The SMILES string of the molecule is C=CC[C@H](C(N)=O)[C@@H](CC(C)C)C(=O)N[C@H]1CCCCN(CC2CCC2)C1=O. The van der Waals surface area contributed by atoms with Crippen molar-refractivity contribution in [1.29, 1.82) is 0 Å². The van der Waals surface area contributed by atoms with Gasteiger partial charge in [0.15, 0.2) is 0 Å². The minimum atomic E-state index is -0.591. The summed E-state index contributed by atoms with van der Waals surface area (Å²) in [6.45, 7) is 9.31. The Labute approximate surface area is 169 Å². The first kappa shape index (κ1) is 22.4. The number of hydrogen-bond acceptors (Lipinski definition) is 3. The average molecular weight is 392 g/mol. The minimum Gasteiger partial charge on any atom is -0.369 e. The van der Waals surface area contributed by atoms with E-state index >= 15 is 0 Å². The van der Waals surface area contributed by atoms with E-state index in [2.05, 4.69) is 11.9 Å². The van der Waals surface area contributed by atoms with Crippen molar-refractivity contribution in [3.8, 4) is 0 Å². The third kappa shape index (κ3) is 6.08. The molecule has 3 N–H and O–H groups in total. The second-order valence-electron chi connectivity index (χ2n) is 8.91. The molecule has 28 heavy (non-hydrogen) atoms. The summed E-state index contributed by atoms with van der Waals surface area (Å²) in [5.41, 5.74) is 5.58. The molecule has 1 saturated heterocycles. The lowest BCUT2D eigenvalue weighted by Crippen LogP contribution is -2.51. The van der Waals surface area contributed by atoms with Crippen LogP contribution < -0.4 is 11.1 Å². The van der Waals surface area contributed by atoms with Crippen LogP contribution in [0.5, 0.6) is 0 Å². The molecular weight excluding hydrogens is 354 g/mol. The molecule has 2 fully saturated rings. The summed E-state index contributed by atoms with van der Waals surface area (Å²) in [5, 5.41) is 2.97. The van der Waals surface area contributed by atoms with E-state index in [1.54, 1.807) is 6.08 Å². The predicted molar refractivity (Wildman–Crippen MR) is 110 cm³/mol. The first-order chi connectivity index (χ1) is 13.3. The molecule has 0 spiro atoms.